The molecule has 1 atom stereocenters. The molecule has 29 heavy (non-hydrogen) atoms. The lowest BCUT2D eigenvalue weighted by atomic mass is 9.96. The van der Waals surface area contributed by atoms with Crippen molar-refractivity contribution in [1.82, 2.24) is 15.1 Å². The molecule has 0 bridgehead atoms. The van der Waals surface area contributed by atoms with Crippen molar-refractivity contribution >= 4 is 23.2 Å². The molecule has 2 aromatic rings. The monoisotopic (exact) mass is 413 g/mol. The van der Waals surface area contributed by atoms with Crippen molar-refractivity contribution in [3.05, 3.63) is 57.8 Å². The van der Waals surface area contributed by atoms with Crippen molar-refractivity contribution in [2.45, 2.75) is 39.8 Å². The number of thiophene rings is 1. The largest absolute Gasteiger partial charge is 0.352 e. The third-order valence-corrected chi connectivity index (χ3v) is 6.43. The lowest BCUT2D eigenvalue weighted by Crippen LogP contribution is -2.45. The van der Waals surface area contributed by atoms with E-state index in [-0.39, 0.29) is 17.7 Å². The fourth-order valence-corrected chi connectivity index (χ4v) is 4.50. The summed E-state index contributed by atoms with van der Waals surface area (Å²) in [7, 11) is 0. The minimum atomic E-state index is -0.133. The molecule has 3 rings (SSSR count). The first-order chi connectivity index (χ1) is 14.1. The average molecular weight is 414 g/mol. The van der Waals surface area contributed by atoms with E-state index >= 15 is 0 Å². The second kappa shape index (κ2) is 10.6. The highest BCUT2D eigenvalue weighted by Gasteiger charge is 2.29. The first kappa shape index (κ1) is 21.5. The maximum atomic E-state index is 12.7. The molecule has 1 aromatic heterocycles. The number of piperidine rings is 1. The number of hydrogen-bond acceptors (Lipinski definition) is 4. The number of rotatable bonds is 8. The smallest absolute Gasteiger partial charge is 0.263 e. The van der Waals surface area contributed by atoms with Gasteiger partial charge >= 0.3 is 0 Å². The molecule has 0 aliphatic carbocycles. The maximum Gasteiger partial charge on any atom is 0.263 e. The molecule has 2 amide bonds. The molecule has 0 spiro atoms. The van der Waals surface area contributed by atoms with Gasteiger partial charge in [0.25, 0.3) is 5.91 Å². The second-order valence-electron chi connectivity index (χ2n) is 7.57. The average Bonchev–Trinajstić information content (AvgIpc) is 3.30. The van der Waals surface area contributed by atoms with Crippen LogP contribution in [0.5, 0.6) is 0 Å². The van der Waals surface area contributed by atoms with Crippen LogP contribution in [0.3, 0.4) is 0 Å². The number of likely N-dealkylation sites (tertiary alicyclic amines) is 1. The molecule has 1 fully saturated rings. The molecule has 0 radical (unpaired) electrons. The Bertz CT molecular complexity index is 802. The van der Waals surface area contributed by atoms with Crippen LogP contribution in [0.15, 0.2) is 41.8 Å². The number of nitrogens with one attached hydrogen (secondary N) is 1. The van der Waals surface area contributed by atoms with Crippen molar-refractivity contribution in [2.75, 3.05) is 26.2 Å². The molecular formula is C23H31N3O2S. The molecule has 1 unspecified atom stereocenters. The predicted octanol–water partition coefficient (Wildman–Crippen LogP) is 3.76. The maximum absolute atomic E-state index is 12.7. The standard InChI is InChI=1S/C23H31N3O2S/c1-3-25(4-2)16-19-9-5-8-18(14-19)15-24-22(27)20-10-6-12-26(17-20)23(28)21-11-7-13-29-21/h5,7-9,11,13-14,20H,3-4,6,10,12,15-17H2,1-2H3,(H,24,27). The van der Waals surface area contributed by atoms with Crippen LogP contribution >= 0.6 is 11.3 Å². The van der Waals surface area contributed by atoms with E-state index in [4.69, 9.17) is 0 Å². The van der Waals surface area contributed by atoms with E-state index in [1.165, 1.54) is 16.9 Å². The molecule has 1 aromatic carbocycles. The summed E-state index contributed by atoms with van der Waals surface area (Å²) in [6, 6.07) is 12.2. The highest BCUT2D eigenvalue weighted by Crippen LogP contribution is 2.21. The van der Waals surface area contributed by atoms with Crippen molar-refractivity contribution in [2.24, 2.45) is 5.92 Å². The van der Waals surface area contributed by atoms with Crippen LogP contribution in [0.25, 0.3) is 0 Å². The van der Waals surface area contributed by atoms with Crippen LogP contribution in [0, 0.1) is 5.92 Å². The Kier molecular flexibility index (Phi) is 7.83. The number of benzene rings is 1. The number of carbonyl (C=O) groups excluding carboxylic acids is 2. The minimum Gasteiger partial charge on any atom is -0.352 e. The van der Waals surface area contributed by atoms with Crippen LogP contribution in [0.4, 0.5) is 0 Å². The van der Waals surface area contributed by atoms with E-state index in [9.17, 15) is 9.59 Å². The number of hydrogen-bond donors (Lipinski definition) is 1. The Morgan fingerprint density at radius 3 is 2.69 bits per heavy atom. The predicted molar refractivity (Wildman–Crippen MR) is 118 cm³/mol. The summed E-state index contributed by atoms with van der Waals surface area (Å²) in [6.07, 6.45) is 1.70. The van der Waals surface area contributed by atoms with Gasteiger partial charge in [-0.15, -0.1) is 11.3 Å². The van der Waals surface area contributed by atoms with E-state index < -0.39 is 0 Å². The van der Waals surface area contributed by atoms with E-state index in [1.54, 1.807) is 0 Å². The van der Waals surface area contributed by atoms with Crippen molar-refractivity contribution < 1.29 is 9.59 Å². The molecule has 1 N–H and O–H groups in total. The first-order valence-electron chi connectivity index (χ1n) is 10.5. The highest BCUT2D eigenvalue weighted by atomic mass is 32.1. The molecule has 1 aliphatic heterocycles. The topological polar surface area (TPSA) is 52.7 Å². The molecule has 156 valence electrons. The molecular weight excluding hydrogens is 382 g/mol. The first-order valence-corrected chi connectivity index (χ1v) is 11.4. The molecule has 1 aliphatic rings. The Morgan fingerprint density at radius 2 is 1.97 bits per heavy atom. The van der Waals surface area contributed by atoms with Gasteiger partial charge in [-0.05, 0) is 48.5 Å². The van der Waals surface area contributed by atoms with E-state index in [2.05, 4.69) is 48.3 Å². The Labute approximate surface area is 177 Å². The zero-order valence-electron chi connectivity index (χ0n) is 17.4. The third-order valence-electron chi connectivity index (χ3n) is 5.57. The molecule has 1 saturated heterocycles. The van der Waals surface area contributed by atoms with Gasteiger partial charge in [0.1, 0.15) is 0 Å². The van der Waals surface area contributed by atoms with Crippen LogP contribution in [0.2, 0.25) is 0 Å². The zero-order valence-corrected chi connectivity index (χ0v) is 18.2. The number of amides is 2. The van der Waals surface area contributed by atoms with Gasteiger partial charge in [-0.1, -0.05) is 44.2 Å². The Hall–Kier alpha value is -2.18. The van der Waals surface area contributed by atoms with Crippen LogP contribution in [-0.4, -0.2) is 47.8 Å². The zero-order chi connectivity index (χ0) is 20.6. The normalized spacial score (nSPS) is 16.8. The van der Waals surface area contributed by atoms with Gasteiger partial charge in [-0.2, -0.15) is 0 Å². The Morgan fingerprint density at radius 1 is 1.17 bits per heavy atom. The SMILES string of the molecule is CCN(CC)Cc1cccc(CNC(=O)C2CCCN(C(=O)c3cccs3)C2)c1. The highest BCUT2D eigenvalue weighted by molar-refractivity contribution is 7.12. The summed E-state index contributed by atoms with van der Waals surface area (Å²) in [5, 5.41) is 5.00. The summed E-state index contributed by atoms with van der Waals surface area (Å²) < 4.78 is 0. The van der Waals surface area contributed by atoms with Crippen molar-refractivity contribution in [3.8, 4) is 0 Å². The van der Waals surface area contributed by atoms with Crippen LogP contribution in [-0.2, 0) is 17.9 Å². The van der Waals surface area contributed by atoms with Crippen LogP contribution in [0.1, 0.15) is 47.5 Å². The lowest BCUT2D eigenvalue weighted by Gasteiger charge is -2.31. The number of carbonyl (C=O) groups is 2. The summed E-state index contributed by atoms with van der Waals surface area (Å²) in [5.74, 6) is -0.0454. The third kappa shape index (κ3) is 5.90. The van der Waals surface area contributed by atoms with Gasteiger partial charge in [0.15, 0.2) is 0 Å². The molecule has 6 heteroatoms. The molecule has 0 saturated carbocycles. The summed E-state index contributed by atoms with van der Waals surface area (Å²) in [5.41, 5.74) is 2.39. The van der Waals surface area contributed by atoms with E-state index in [0.717, 1.165) is 49.5 Å². The van der Waals surface area contributed by atoms with Crippen molar-refractivity contribution in [3.63, 3.8) is 0 Å². The van der Waals surface area contributed by atoms with Gasteiger partial charge in [0.05, 0.1) is 10.8 Å². The summed E-state index contributed by atoms with van der Waals surface area (Å²) >= 11 is 1.46. The fraction of sp³-hybridized carbons (Fsp3) is 0.478. The fourth-order valence-electron chi connectivity index (χ4n) is 3.81. The van der Waals surface area contributed by atoms with E-state index in [0.29, 0.717) is 13.1 Å². The van der Waals surface area contributed by atoms with E-state index in [1.807, 2.05) is 22.4 Å². The minimum absolute atomic E-state index is 0.0432. The quantitative estimate of drug-likeness (QED) is 0.717. The Balaban J connectivity index is 1.53. The van der Waals surface area contributed by atoms with Crippen molar-refractivity contribution in [1.29, 1.82) is 0 Å². The number of nitrogens with zero attached hydrogens (tertiary/aromatic N) is 2. The van der Waals surface area contributed by atoms with Gasteiger partial charge in [-0.3, -0.25) is 14.5 Å². The summed E-state index contributed by atoms with van der Waals surface area (Å²) in [4.78, 5) is 30.3. The second-order valence-corrected chi connectivity index (χ2v) is 8.51. The molecule has 2 heterocycles. The summed E-state index contributed by atoms with van der Waals surface area (Å²) in [6.45, 7) is 9.09. The lowest BCUT2D eigenvalue weighted by molar-refractivity contribution is -0.126. The van der Waals surface area contributed by atoms with Crippen LogP contribution < -0.4 is 5.32 Å². The van der Waals surface area contributed by atoms with Gasteiger partial charge < -0.3 is 10.2 Å². The molecule has 5 nitrogen and oxygen atoms in total. The van der Waals surface area contributed by atoms with Gasteiger partial charge in [0.2, 0.25) is 5.91 Å². The van der Waals surface area contributed by atoms with Gasteiger partial charge in [0, 0.05) is 26.2 Å². The van der Waals surface area contributed by atoms with Gasteiger partial charge in [-0.25, -0.2) is 0 Å².